The van der Waals surface area contributed by atoms with E-state index in [0.717, 1.165) is 30.8 Å². The third-order valence-electron chi connectivity index (χ3n) is 5.59. The number of carbonyl (C=O) groups is 1. The summed E-state index contributed by atoms with van der Waals surface area (Å²) in [5, 5.41) is 4.79. The van der Waals surface area contributed by atoms with E-state index in [1.807, 2.05) is 12.1 Å². The maximum atomic E-state index is 12.3. The highest BCUT2D eigenvalue weighted by Gasteiger charge is 2.22. The highest BCUT2D eigenvalue weighted by atomic mass is 16.5. The number of fused-ring (bicyclic) bond motifs is 1. The van der Waals surface area contributed by atoms with Crippen LogP contribution in [0.1, 0.15) is 35.6 Å². The summed E-state index contributed by atoms with van der Waals surface area (Å²) < 4.78 is 5.23. The second-order valence-electron chi connectivity index (χ2n) is 7.47. The number of rotatable bonds is 6. The molecular weight excluding hydrogens is 348 g/mol. The summed E-state index contributed by atoms with van der Waals surface area (Å²) in [7, 11) is 1.67. The molecule has 2 aromatic carbocycles. The number of allylic oxidation sites excluding steroid dienone is 2. The second-order valence-corrected chi connectivity index (χ2v) is 7.47. The van der Waals surface area contributed by atoms with Gasteiger partial charge in [-0.3, -0.25) is 4.79 Å². The van der Waals surface area contributed by atoms with E-state index in [0.29, 0.717) is 6.42 Å². The Morgan fingerprint density at radius 1 is 1.11 bits per heavy atom. The number of nitrogens with one attached hydrogen (secondary N) is 2. The van der Waals surface area contributed by atoms with Gasteiger partial charge in [-0.2, -0.15) is 0 Å². The molecule has 0 aliphatic heterocycles. The van der Waals surface area contributed by atoms with E-state index in [-0.39, 0.29) is 11.7 Å². The van der Waals surface area contributed by atoms with Crippen LogP contribution in [-0.2, 0) is 11.2 Å². The average molecular weight is 374 g/mol. The number of H-pyrrole nitrogens is 1. The van der Waals surface area contributed by atoms with Crippen LogP contribution in [0.15, 0.2) is 60.3 Å². The number of aromatic amines is 1. The smallest absolute Gasteiger partial charge is 0.158 e. The lowest BCUT2D eigenvalue weighted by atomic mass is 9.85. The topological polar surface area (TPSA) is 54.1 Å². The molecule has 0 radical (unpaired) electrons. The number of hydrogen-bond acceptors (Lipinski definition) is 3. The Morgan fingerprint density at radius 3 is 2.68 bits per heavy atom. The van der Waals surface area contributed by atoms with Crippen LogP contribution >= 0.6 is 0 Å². The maximum Gasteiger partial charge on any atom is 0.158 e. The SMILES string of the molecule is COc1ccc(C2CC(=O)C=C(NCCc3c(C)[nH]c4ccccc34)C2)cc1. The number of aryl methyl sites for hydroxylation is 1. The molecule has 28 heavy (non-hydrogen) atoms. The summed E-state index contributed by atoms with van der Waals surface area (Å²) in [5.74, 6) is 1.26. The Kier molecular flexibility index (Phi) is 5.20. The number of carbonyl (C=O) groups excluding carboxylic acids is 1. The van der Waals surface area contributed by atoms with E-state index < -0.39 is 0 Å². The van der Waals surface area contributed by atoms with Crippen LogP contribution in [0.3, 0.4) is 0 Å². The van der Waals surface area contributed by atoms with E-state index in [4.69, 9.17) is 4.74 Å². The fraction of sp³-hybridized carbons (Fsp3) is 0.292. The molecule has 0 fully saturated rings. The molecule has 0 saturated carbocycles. The molecule has 3 aromatic rings. The number of hydrogen-bond donors (Lipinski definition) is 2. The van der Waals surface area contributed by atoms with Crippen LogP contribution in [0.5, 0.6) is 5.75 Å². The largest absolute Gasteiger partial charge is 0.497 e. The van der Waals surface area contributed by atoms with Gasteiger partial charge in [0.25, 0.3) is 0 Å². The van der Waals surface area contributed by atoms with E-state index >= 15 is 0 Å². The van der Waals surface area contributed by atoms with Gasteiger partial charge in [-0.05, 0) is 55.0 Å². The van der Waals surface area contributed by atoms with E-state index in [1.54, 1.807) is 13.2 Å². The van der Waals surface area contributed by atoms with Crippen molar-refractivity contribution in [2.75, 3.05) is 13.7 Å². The number of methoxy groups -OCH3 is 1. The Hall–Kier alpha value is -3.01. The van der Waals surface area contributed by atoms with Crippen LogP contribution in [0.25, 0.3) is 10.9 Å². The van der Waals surface area contributed by atoms with Gasteiger partial charge in [0.2, 0.25) is 0 Å². The van der Waals surface area contributed by atoms with Crippen molar-refractivity contribution in [3.05, 3.63) is 77.1 Å². The number of benzene rings is 2. The molecule has 0 saturated heterocycles. The zero-order chi connectivity index (χ0) is 19.5. The van der Waals surface area contributed by atoms with Crippen molar-refractivity contribution >= 4 is 16.7 Å². The van der Waals surface area contributed by atoms with Crippen molar-refractivity contribution in [3.63, 3.8) is 0 Å². The Balaban J connectivity index is 1.41. The molecular formula is C24H26N2O2. The van der Waals surface area contributed by atoms with Crippen LogP contribution in [0, 0.1) is 6.92 Å². The van der Waals surface area contributed by atoms with Crippen LogP contribution in [-0.4, -0.2) is 24.4 Å². The first kappa shape index (κ1) is 18.4. The number of aromatic nitrogens is 1. The number of para-hydroxylation sites is 1. The minimum absolute atomic E-state index is 0.192. The van der Waals surface area contributed by atoms with Gasteiger partial charge in [0.15, 0.2) is 5.78 Å². The Bertz CT molecular complexity index is 1010. The summed E-state index contributed by atoms with van der Waals surface area (Å²) >= 11 is 0. The molecule has 4 heteroatoms. The van der Waals surface area contributed by atoms with Gasteiger partial charge in [0.1, 0.15) is 5.75 Å². The molecule has 1 heterocycles. The predicted molar refractivity (Wildman–Crippen MR) is 113 cm³/mol. The normalized spacial score (nSPS) is 16.9. The van der Waals surface area contributed by atoms with Crippen molar-refractivity contribution in [2.45, 2.75) is 32.1 Å². The fourth-order valence-corrected chi connectivity index (χ4v) is 4.13. The highest BCUT2D eigenvalue weighted by Crippen LogP contribution is 2.31. The molecule has 1 aliphatic carbocycles. The average Bonchev–Trinajstić information content (AvgIpc) is 3.03. The van der Waals surface area contributed by atoms with Crippen molar-refractivity contribution in [2.24, 2.45) is 0 Å². The third-order valence-corrected chi connectivity index (χ3v) is 5.59. The van der Waals surface area contributed by atoms with Gasteiger partial charge in [-0.15, -0.1) is 0 Å². The minimum Gasteiger partial charge on any atom is -0.497 e. The quantitative estimate of drug-likeness (QED) is 0.660. The highest BCUT2D eigenvalue weighted by molar-refractivity contribution is 5.92. The molecule has 1 aromatic heterocycles. The van der Waals surface area contributed by atoms with Crippen molar-refractivity contribution < 1.29 is 9.53 Å². The second kappa shape index (κ2) is 7.93. The number of ketones is 1. The molecule has 0 spiro atoms. The zero-order valence-corrected chi connectivity index (χ0v) is 16.4. The molecule has 4 rings (SSSR count). The first-order valence-electron chi connectivity index (χ1n) is 9.81. The van der Waals surface area contributed by atoms with Crippen molar-refractivity contribution in [3.8, 4) is 5.75 Å². The van der Waals surface area contributed by atoms with E-state index in [1.165, 1.54) is 27.7 Å². The van der Waals surface area contributed by atoms with Gasteiger partial charge in [0, 0.05) is 41.3 Å². The maximum absolute atomic E-state index is 12.3. The molecule has 0 bridgehead atoms. The van der Waals surface area contributed by atoms with Crippen molar-refractivity contribution in [1.29, 1.82) is 0 Å². The summed E-state index contributed by atoms with van der Waals surface area (Å²) in [4.78, 5) is 15.7. The third kappa shape index (κ3) is 3.81. The van der Waals surface area contributed by atoms with Crippen molar-refractivity contribution in [1.82, 2.24) is 10.3 Å². The first-order chi connectivity index (χ1) is 13.6. The lowest BCUT2D eigenvalue weighted by Crippen LogP contribution is -2.24. The van der Waals surface area contributed by atoms with Crippen LogP contribution in [0.4, 0.5) is 0 Å². The molecule has 1 aliphatic rings. The van der Waals surface area contributed by atoms with Gasteiger partial charge in [-0.1, -0.05) is 30.3 Å². The summed E-state index contributed by atoms with van der Waals surface area (Å²) in [5.41, 5.74) is 5.97. The van der Waals surface area contributed by atoms with E-state index in [9.17, 15) is 4.79 Å². The zero-order valence-electron chi connectivity index (χ0n) is 16.4. The van der Waals surface area contributed by atoms with Gasteiger partial charge < -0.3 is 15.0 Å². The molecule has 144 valence electrons. The van der Waals surface area contributed by atoms with Gasteiger partial charge in [-0.25, -0.2) is 0 Å². The predicted octanol–water partition coefficient (Wildman–Crippen LogP) is 4.65. The molecule has 1 unspecified atom stereocenters. The molecule has 4 nitrogen and oxygen atoms in total. The summed E-state index contributed by atoms with van der Waals surface area (Å²) in [6.45, 7) is 2.94. The standard InChI is InChI=1S/C24H26N2O2/c1-16-22(23-5-3-4-6-24(23)26-16)11-12-25-19-13-18(14-20(27)15-19)17-7-9-21(28-2)10-8-17/h3-10,15,18,25-26H,11-14H2,1-2H3. The van der Waals surface area contributed by atoms with E-state index in [2.05, 4.69) is 53.6 Å². The summed E-state index contributed by atoms with van der Waals surface area (Å²) in [6.07, 6.45) is 4.14. The van der Waals surface area contributed by atoms with Gasteiger partial charge in [0.05, 0.1) is 7.11 Å². The molecule has 2 N–H and O–H groups in total. The van der Waals surface area contributed by atoms with Gasteiger partial charge >= 0.3 is 0 Å². The minimum atomic E-state index is 0.192. The molecule has 0 amide bonds. The fourth-order valence-electron chi connectivity index (χ4n) is 4.13. The molecule has 1 atom stereocenters. The van der Waals surface area contributed by atoms with Crippen LogP contribution in [0.2, 0.25) is 0 Å². The number of ether oxygens (including phenoxy) is 1. The lowest BCUT2D eigenvalue weighted by molar-refractivity contribution is -0.115. The Morgan fingerprint density at radius 2 is 1.89 bits per heavy atom. The monoisotopic (exact) mass is 374 g/mol. The van der Waals surface area contributed by atoms with Crippen LogP contribution < -0.4 is 10.1 Å². The summed E-state index contributed by atoms with van der Waals surface area (Å²) in [6, 6.07) is 16.5. The lowest BCUT2D eigenvalue weighted by Gasteiger charge is -2.23. The Labute approximate surface area is 165 Å². The first-order valence-corrected chi connectivity index (χ1v) is 9.81.